The molecule has 2 aromatic rings. The van der Waals surface area contributed by atoms with Crippen LogP contribution in [-0.4, -0.2) is 18.3 Å². The number of allylic oxidation sites excluding steroid dienone is 4. The van der Waals surface area contributed by atoms with Crippen molar-refractivity contribution in [2.75, 3.05) is 13.2 Å². The molecule has 0 aliphatic carbocycles. The first-order valence-corrected chi connectivity index (χ1v) is 10.4. The summed E-state index contributed by atoms with van der Waals surface area (Å²) in [7, 11) is 0. The Balaban J connectivity index is 2.25. The fourth-order valence-corrected chi connectivity index (χ4v) is 2.92. The fourth-order valence-electron chi connectivity index (χ4n) is 2.92. The second-order valence-corrected chi connectivity index (χ2v) is 7.40. The molecule has 5 nitrogen and oxygen atoms in total. The van der Waals surface area contributed by atoms with Crippen LogP contribution in [0.1, 0.15) is 53.4 Å². The molecule has 1 aromatic carbocycles. The van der Waals surface area contributed by atoms with Crippen LogP contribution in [0.2, 0.25) is 0 Å². The van der Waals surface area contributed by atoms with Gasteiger partial charge in [0.2, 0.25) is 5.75 Å². The first kappa shape index (κ1) is 23.3. The highest BCUT2D eigenvalue weighted by Gasteiger charge is 2.20. The minimum Gasteiger partial charge on any atom is -0.507 e. The highest BCUT2D eigenvalue weighted by atomic mass is 16.5. The fraction of sp³-hybridized carbons (Fsp3) is 0.400. The maximum Gasteiger partial charge on any atom is 0.383 e. The number of rotatable bonds is 11. The van der Waals surface area contributed by atoms with Gasteiger partial charge < -0.3 is 19.0 Å². The largest absolute Gasteiger partial charge is 0.507 e. The summed E-state index contributed by atoms with van der Waals surface area (Å²) < 4.78 is 17.0. The molecule has 0 bridgehead atoms. The van der Waals surface area contributed by atoms with Crippen molar-refractivity contribution in [3.63, 3.8) is 0 Å². The molecule has 0 radical (unpaired) electrons. The van der Waals surface area contributed by atoms with E-state index in [9.17, 15) is 9.90 Å². The van der Waals surface area contributed by atoms with E-state index in [1.54, 1.807) is 12.1 Å². The monoisotopic (exact) mass is 412 g/mol. The SMILES string of the molecule is CCC=CCCOc1c(OC/C=C(\C)CCC=C(C)C)c2c(O)cccc2oc1=O. The molecule has 0 atom stereocenters. The number of phenolic OH excluding ortho intramolecular Hbond substituents is 1. The third-order valence-corrected chi connectivity index (χ3v) is 4.51. The Hall–Kier alpha value is -2.95. The number of aromatic hydroxyl groups is 1. The number of phenols is 1. The average molecular weight is 413 g/mol. The standard InChI is InChI=1S/C25H32O5/c1-5-6-7-8-16-28-24-23(29-17-15-19(4)12-9-11-18(2)3)22-20(26)13-10-14-21(22)30-25(24)27/h6-7,10-11,13-15,26H,5,8-9,12,16-17H2,1-4H3/b7-6?,19-15+. The summed E-state index contributed by atoms with van der Waals surface area (Å²) in [6.45, 7) is 8.85. The van der Waals surface area contributed by atoms with Gasteiger partial charge in [-0.05, 0) is 64.7 Å². The van der Waals surface area contributed by atoms with Crippen molar-refractivity contribution in [2.45, 2.75) is 53.4 Å². The Morgan fingerprint density at radius 1 is 1.07 bits per heavy atom. The Labute approximate surface area is 178 Å². The van der Waals surface area contributed by atoms with Gasteiger partial charge in [0.25, 0.3) is 0 Å². The van der Waals surface area contributed by atoms with Crippen LogP contribution < -0.4 is 15.1 Å². The number of fused-ring (bicyclic) bond motifs is 1. The lowest BCUT2D eigenvalue weighted by Gasteiger charge is -2.13. The van der Waals surface area contributed by atoms with Gasteiger partial charge in [-0.25, -0.2) is 4.79 Å². The summed E-state index contributed by atoms with van der Waals surface area (Å²) in [6, 6.07) is 4.77. The van der Waals surface area contributed by atoms with E-state index in [1.165, 1.54) is 17.2 Å². The molecule has 1 N–H and O–H groups in total. The smallest absolute Gasteiger partial charge is 0.383 e. The van der Waals surface area contributed by atoms with Gasteiger partial charge in [-0.2, -0.15) is 0 Å². The third kappa shape index (κ3) is 6.83. The van der Waals surface area contributed by atoms with Gasteiger partial charge >= 0.3 is 5.63 Å². The molecule has 0 saturated carbocycles. The van der Waals surface area contributed by atoms with E-state index in [0.29, 0.717) is 18.4 Å². The molecule has 30 heavy (non-hydrogen) atoms. The van der Waals surface area contributed by atoms with E-state index in [1.807, 2.05) is 18.2 Å². The van der Waals surface area contributed by atoms with Gasteiger partial charge in [-0.15, -0.1) is 0 Å². The second-order valence-electron chi connectivity index (χ2n) is 7.40. The van der Waals surface area contributed by atoms with E-state index in [2.05, 4.69) is 33.8 Å². The summed E-state index contributed by atoms with van der Waals surface area (Å²) in [4.78, 5) is 12.5. The van der Waals surface area contributed by atoms with Gasteiger partial charge in [0.1, 0.15) is 23.3 Å². The molecule has 0 amide bonds. The van der Waals surface area contributed by atoms with E-state index < -0.39 is 5.63 Å². The molecule has 0 aliphatic rings. The van der Waals surface area contributed by atoms with Crippen LogP contribution in [0, 0.1) is 0 Å². The maximum atomic E-state index is 12.5. The van der Waals surface area contributed by atoms with Crippen molar-refractivity contribution in [3.05, 3.63) is 64.1 Å². The topological polar surface area (TPSA) is 68.9 Å². The van der Waals surface area contributed by atoms with Crippen LogP contribution in [0.4, 0.5) is 0 Å². The Bertz CT molecular complexity index is 975. The molecule has 0 spiro atoms. The molecular formula is C25H32O5. The Kier molecular flexibility index (Phi) is 9.26. The summed E-state index contributed by atoms with van der Waals surface area (Å²) in [6.07, 6.45) is 11.7. The summed E-state index contributed by atoms with van der Waals surface area (Å²) in [5, 5.41) is 10.7. The number of ether oxygens (including phenoxy) is 2. The highest BCUT2D eigenvalue weighted by molar-refractivity contribution is 5.91. The van der Waals surface area contributed by atoms with E-state index in [4.69, 9.17) is 13.9 Å². The maximum absolute atomic E-state index is 12.5. The quantitative estimate of drug-likeness (QED) is 0.266. The molecule has 1 aromatic heterocycles. The Morgan fingerprint density at radius 3 is 2.60 bits per heavy atom. The normalized spacial score (nSPS) is 11.8. The molecular weight excluding hydrogens is 380 g/mol. The molecule has 2 rings (SSSR count). The molecule has 162 valence electrons. The van der Waals surface area contributed by atoms with Crippen LogP contribution in [0.3, 0.4) is 0 Å². The lowest BCUT2D eigenvalue weighted by atomic mass is 10.1. The summed E-state index contributed by atoms with van der Waals surface area (Å²) >= 11 is 0. The van der Waals surface area contributed by atoms with E-state index >= 15 is 0 Å². The molecule has 0 saturated heterocycles. The van der Waals surface area contributed by atoms with Crippen LogP contribution >= 0.6 is 0 Å². The predicted molar refractivity (Wildman–Crippen MR) is 122 cm³/mol. The number of hydrogen-bond donors (Lipinski definition) is 1. The van der Waals surface area contributed by atoms with Crippen molar-refractivity contribution in [1.82, 2.24) is 0 Å². The van der Waals surface area contributed by atoms with Crippen LogP contribution in [0.15, 0.2) is 62.9 Å². The molecule has 5 heteroatoms. The minimum atomic E-state index is -0.619. The van der Waals surface area contributed by atoms with Crippen molar-refractivity contribution in [1.29, 1.82) is 0 Å². The van der Waals surface area contributed by atoms with Crippen molar-refractivity contribution >= 4 is 11.0 Å². The zero-order valence-electron chi connectivity index (χ0n) is 18.4. The van der Waals surface area contributed by atoms with E-state index in [-0.39, 0.29) is 29.4 Å². The van der Waals surface area contributed by atoms with Crippen LogP contribution in [-0.2, 0) is 0 Å². The van der Waals surface area contributed by atoms with E-state index in [0.717, 1.165) is 19.3 Å². The summed E-state index contributed by atoms with van der Waals surface area (Å²) in [5.74, 6) is 0.183. The van der Waals surface area contributed by atoms with Crippen LogP contribution in [0.5, 0.6) is 17.2 Å². The lowest BCUT2D eigenvalue weighted by molar-refractivity contribution is 0.275. The van der Waals surface area contributed by atoms with Gasteiger partial charge in [0.05, 0.1) is 6.61 Å². The second kappa shape index (κ2) is 11.9. The van der Waals surface area contributed by atoms with Gasteiger partial charge in [-0.1, -0.05) is 42.4 Å². The van der Waals surface area contributed by atoms with Gasteiger partial charge in [0, 0.05) is 0 Å². The summed E-state index contributed by atoms with van der Waals surface area (Å²) in [5.41, 5.74) is 2.13. The molecule has 1 heterocycles. The first-order chi connectivity index (χ1) is 14.4. The molecule has 0 aliphatic heterocycles. The molecule has 0 unspecified atom stereocenters. The van der Waals surface area contributed by atoms with Gasteiger partial charge in [0.15, 0.2) is 5.75 Å². The highest BCUT2D eigenvalue weighted by Crippen LogP contribution is 2.38. The predicted octanol–water partition coefficient (Wildman–Crippen LogP) is 6.31. The van der Waals surface area contributed by atoms with Gasteiger partial charge in [-0.3, -0.25) is 0 Å². The Morgan fingerprint density at radius 2 is 1.87 bits per heavy atom. The first-order valence-electron chi connectivity index (χ1n) is 10.4. The zero-order chi connectivity index (χ0) is 21.9. The lowest BCUT2D eigenvalue weighted by Crippen LogP contribution is -2.11. The zero-order valence-corrected chi connectivity index (χ0v) is 18.4. The van der Waals surface area contributed by atoms with Crippen molar-refractivity contribution < 1.29 is 19.0 Å². The number of hydrogen-bond acceptors (Lipinski definition) is 5. The average Bonchev–Trinajstić information content (AvgIpc) is 2.69. The van der Waals surface area contributed by atoms with Crippen LogP contribution in [0.25, 0.3) is 11.0 Å². The third-order valence-electron chi connectivity index (χ3n) is 4.51. The molecule has 0 fully saturated rings. The van der Waals surface area contributed by atoms with Crippen molar-refractivity contribution in [2.24, 2.45) is 0 Å². The minimum absolute atomic E-state index is 0.00973. The number of benzene rings is 1. The van der Waals surface area contributed by atoms with Crippen molar-refractivity contribution in [3.8, 4) is 17.2 Å².